The van der Waals surface area contributed by atoms with E-state index in [-0.39, 0.29) is 5.91 Å². The van der Waals surface area contributed by atoms with Crippen molar-refractivity contribution < 1.29 is 9.53 Å². The predicted octanol–water partition coefficient (Wildman–Crippen LogP) is 7.64. The van der Waals surface area contributed by atoms with E-state index in [9.17, 15) is 4.79 Å². The molecule has 6 heteroatoms. The molecule has 0 saturated carbocycles. The summed E-state index contributed by atoms with van der Waals surface area (Å²) in [5.74, 6) is 1.39. The van der Waals surface area contributed by atoms with Gasteiger partial charge >= 0.3 is 0 Å². The summed E-state index contributed by atoms with van der Waals surface area (Å²) in [7, 11) is 0. The monoisotopic (exact) mass is 526 g/mol. The highest BCUT2D eigenvalue weighted by Gasteiger charge is 2.32. The van der Waals surface area contributed by atoms with Crippen LogP contribution in [0.1, 0.15) is 42.9 Å². The Balaban J connectivity index is 1.31. The average molecular weight is 527 g/mol. The number of nitrogens with zero attached hydrogens (tertiary/aromatic N) is 2. The van der Waals surface area contributed by atoms with Crippen LogP contribution in [0.25, 0.3) is 17.0 Å². The van der Waals surface area contributed by atoms with Crippen molar-refractivity contribution in [1.29, 1.82) is 0 Å². The first-order valence-electron chi connectivity index (χ1n) is 12.6. The second kappa shape index (κ2) is 11.4. The highest BCUT2D eigenvalue weighted by Crippen LogP contribution is 2.35. The van der Waals surface area contributed by atoms with Crippen molar-refractivity contribution in [3.63, 3.8) is 0 Å². The molecule has 1 fully saturated rings. The molecule has 1 saturated heterocycles. The molecule has 2 heterocycles. The molecule has 1 amide bonds. The molecule has 1 aromatic heterocycles. The summed E-state index contributed by atoms with van der Waals surface area (Å²) in [4.78, 5) is 15.5. The van der Waals surface area contributed by atoms with Gasteiger partial charge < -0.3 is 9.30 Å². The molecule has 188 valence electrons. The van der Waals surface area contributed by atoms with Crippen LogP contribution in [0.3, 0.4) is 0 Å². The summed E-state index contributed by atoms with van der Waals surface area (Å²) in [5.41, 5.74) is 4.52. The molecule has 0 radical (unpaired) electrons. The molecule has 3 aromatic carbocycles. The Kier molecular flexibility index (Phi) is 7.77. The van der Waals surface area contributed by atoms with E-state index in [0.717, 1.165) is 34.2 Å². The van der Waals surface area contributed by atoms with Crippen molar-refractivity contribution >= 4 is 51.2 Å². The van der Waals surface area contributed by atoms with Gasteiger partial charge in [0.15, 0.2) is 0 Å². The molecule has 0 bridgehead atoms. The second-order valence-corrected chi connectivity index (χ2v) is 11.0. The van der Waals surface area contributed by atoms with Crippen LogP contribution in [-0.2, 0) is 17.9 Å². The largest absolute Gasteiger partial charge is 0.492 e. The SMILES string of the molecule is CCC(C)c1ccc(OCCn2cc(/C=C3\SC(=S)N(Cc4ccccc4)C3=O)c3ccccc32)cc1. The van der Waals surface area contributed by atoms with Crippen molar-refractivity contribution in [3.8, 4) is 5.75 Å². The van der Waals surface area contributed by atoms with Gasteiger partial charge in [-0.05, 0) is 47.7 Å². The Morgan fingerprint density at radius 1 is 1.00 bits per heavy atom. The number of hydrogen-bond donors (Lipinski definition) is 0. The van der Waals surface area contributed by atoms with Gasteiger partial charge in [-0.3, -0.25) is 9.69 Å². The van der Waals surface area contributed by atoms with Gasteiger partial charge in [-0.2, -0.15) is 0 Å². The molecule has 1 aliphatic heterocycles. The Morgan fingerprint density at radius 2 is 1.73 bits per heavy atom. The highest BCUT2D eigenvalue weighted by atomic mass is 32.2. The number of amides is 1. The number of rotatable bonds is 9. The zero-order valence-corrected chi connectivity index (χ0v) is 22.7. The topological polar surface area (TPSA) is 34.5 Å². The number of benzene rings is 3. The van der Waals surface area contributed by atoms with Gasteiger partial charge in [0.05, 0.1) is 18.0 Å². The number of fused-ring (bicyclic) bond motifs is 1. The lowest BCUT2D eigenvalue weighted by atomic mass is 9.99. The lowest BCUT2D eigenvalue weighted by Crippen LogP contribution is -2.27. The number of thiocarbonyl (C=S) groups is 1. The van der Waals surface area contributed by atoms with E-state index in [2.05, 4.69) is 61.0 Å². The zero-order valence-electron chi connectivity index (χ0n) is 21.1. The van der Waals surface area contributed by atoms with Gasteiger partial charge in [0.25, 0.3) is 5.91 Å². The molecule has 0 N–H and O–H groups in total. The van der Waals surface area contributed by atoms with Crippen LogP contribution in [0, 0.1) is 0 Å². The number of para-hydroxylation sites is 1. The first kappa shape index (κ1) is 25.3. The fourth-order valence-corrected chi connectivity index (χ4v) is 5.75. The molecule has 37 heavy (non-hydrogen) atoms. The maximum atomic E-state index is 13.2. The van der Waals surface area contributed by atoms with Crippen molar-refractivity contribution in [2.75, 3.05) is 6.61 Å². The van der Waals surface area contributed by atoms with Crippen LogP contribution in [-0.4, -0.2) is 26.3 Å². The quantitative estimate of drug-likeness (QED) is 0.166. The minimum absolute atomic E-state index is 0.0418. The first-order chi connectivity index (χ1) is 18.0. The number of carbonyl (C=O) groups excluding carboxylic acids is 1. The molecule has 1 unspecified atom stereocenters. The van der Waals surface area contributed by atoms with E-state index in [0.29, 0.717) is 34.8 Å². The summed E-state index contributed by atoms with van der Waals surface area (Å²) in [6.45, 7) is 6.19. The predicted molar refractivity (Wildman–Crippen MR) is 158 cm³/mol. The Bertz CT molecular complexity index is 1440. The number of ether oxygens (including phenoxy) is 1. The summed E-state index contributed by atoms with van der Waals surface area (Å²) < 4.78 is 8.84. The van der Waals surface area contributed by atoms with Gasteiger partial charge in [-0.25, -0.2) is 0 Å². The maximum Gasteiger partial charge on any atom is 0.266 e. The zero-order chi connectivity index (χ0) is 25.8. The molecular formula is C31H30N2O2S2. The van der Waals surface area contributed by atoms with Crippen LogP contribution < -0.4 is 4.74 Å². The lowest BCUT2D eigenvalue weighted by molar-refractivity contribution is -0.122. The smallest absolute Gasteiger partial charge is 0.266 e. The van der Waals surface area contributed by atoms with E-state index in [1.54, 1.807) is 4.90 Å². The third-order valence-electron chi connectivity index (χ3n) is 6.83. The number of hydrogen-bond acceptors (Lipinski definition) is 4. The van der Waals surface area contributed by atoms with Crippen LogP contribution in [0.5, 0.6) is 5.75 Å². The molecule has 0 spiro atoms. The number of thioether (sulfide) groups is 1. The average Bonchev–Trinajstić information content (AvgIpc) is 3.41. The van der Waals surface area contributed by atoms with Gasteiger partial charge in [-0.15, -0.1) is 0 Å². The highest BCUT2D eigenvalue weighted by molar-refractivity contribution is 8.26. The minimum Gasteiger partial charge on any atom is -0.492 e. The van der Waals surface area contributed by atoms with E-state index in [1.807, 2.05) is 48.5 Å². The third-order valence-corrected chi connectivity index (χ3v) is 8.20. The van der Waals surface area contributed by atoms with E-state index < -0.39 is 0 Å². The normalized spacial score (nSPS) is 15.6. The van der Waals surface area contributed by atoms with Gasteiger partial charge in [-0.1, -0.05) is 98.5 Å². The molecule has 0 aliphatic carbocycles. The standard InChI is InChI=1S/C31H30N2O2S2/c1-3-22(2)24-13-15-26(16-14-24)35-18-17-32-21-25(27-11-7-8-12-28(27)32)19-29-30(34)33(31(36)37-29)20-23-9-5-4-6-10-23/h4-16,19,21-22H,3,17-18,20H2,1-2H3/b29-19-. The molecule has 4 nitrogen and oxygen atoms in total. The summed E-state index contributed by atoms with van der Waals surface area (Å²) >= 11 is 6.92. The lowest BCUT2D eigenvalue weighted by Gasteiger charge is -2.14. The molecule has 4 aromatic rings. The third kappa shape index (κ3) is 5.65. The second-order valence-electron chi connectivity index (χ2n) is 9.28. The van der Waals surface area contributed by atoms with E-state index >= 15 is 0 Å². The van der Waals surface area contributed by atoms with Crippen LogP contribution >= 0.6 is 24.0 Å². The van der Waals surface area contributed by atoms with Gasteiger partial charge in [0.2, 0.25) is 0 Å². The molecule has 5 rings (SSSR count). The first-order valence-corrected chi connectivity index (χ1v) is 13.9. The number of carbonyl (C=O) groups is 1. The van der Waals surface area contributed by atoms with Crippen molar-refractivity contribution in [2.24, 2.45) is 0 Å². The maximum absolute atomic E-state index is 13.2. The van der Waals surface area contributed by atoms with Crippen molar-refractivity contribution in [2.45, 2.75) is 39.3 Å². The van der Waals surface area contributed by atoms with Crippen LogP contribution in [0.2, 0.25) is 0 Å². The molecule has 1 aliphatic rings. The molecule has 1 atom stereocenters. The number of aromatic nitrogens is 1. The fourth-order valence-electron chi connectivity index (χ4n) is 4.51. The fraction of sp³-hybridized carbons (Fsp3) is 0.226. The van der Waals surface area contributed by atoms with E-state index in [4.69, 9.17) is 17.0 Å². The molecular weight excluding hydrogens is 496 g/mol. The van der Waals surface area contributed by atoms with Crippen molar-refractivity contribution in [1.82, 2.24) is 9.47 Å². The Labute approximate surface area is 227 Å². The summed E-state index contributed by atoms with van der Waals surface area (Å²) in [6, 6.07) is 26.6. The summed E-state index contributed by atoms with van der Waals surface area (Å²) in [5, 5.41) is 1.11. The minimum atomic E-state index is -0.0418. The Morgan fingerprint density at radius 3 is 2.49 bits per heavy atom. The van der Waals surface area contributed by atoms with Crippen LogP contribution in [0.4, 0.5) is 0 Å². The van der Waals surface area contributed by atoms with Gasteiger partial charge in [0.1, 0.15) is 16.7 Å². The Hall–Kier alpha value is -3.35. The van der Waals surface area contributed by atoms with E-state index in [1.165, 1.54) is 17.3 Å². The van der Waals surface area contributed by atoms with Gasteiger partial charge in [0, 0.05) is 22.7 Å². The summed E-state index contributed by atoms with van der Waals surface area (Å²) in [6.07, 6.45) is 5.20. The van der Waals surface area contributed by atoms with Crippen LogP contribution in [0.15, 0.2) is 90.0 Å². The van der Waals surface area contributed by atoms with Crippen molar-refractivity contribution in [3.05, 3.63) is 107 Å².